The van der Waals surface area contributed by atoms with Crippen molar-refractivity contribution in [1.29, 1.82) is 0 Å². The van der Waals surface area contributed by atoms with E-state index in [0.29, 0.717) is 10.3 Å². The molecule has 1 heterocycles. The van der Waals surface area contributed by atoms with Gasteiger partial charge in [0.15, 0.2) is 5.11 Å². The van der Waals surface area contributed by atoms with E-state index >= 15 is 0 Å². The Morgan fingerprint density at radius 1 is 1.26 bits per heavy atom. The number of halogens is 1. The molecule has 2 N–H and O–H groups in total. The van der Waals surface area contributed by atoms with E-state index in [-0.39, 0.29) is 0 Å². The molecule has 0 fully saturated rings. The largest absolute Gasteiger partial charge is 0.361 e. The third-order valence-electron chi connectivity index (χ3n) is 3.85. The summed E-state index contributed by atoms with van der Waals surface area (Å²) in [5, 5.41) is 8.70. The Labute approximate surface area is 148 Å². The Balaban J connectivity index is 1.97. The third-order valence-corrected chi connectivity index (χ3v) is 4.29. The number of nitrogens with one attached hydrogen (secondary N) is 2. The number of hydrogen-bond acceptors (Lipinski definition) is 3. The molecule has 2 aromatic rings. The number of fused-ring (bicyclic) bond motifs is 1. The quantitative estimate of drug-likeness (QED) is 0.612. The molecule has 0 radical (unpaired) electrons. The van der Waals surface area contributed by atoms with Crippen LogP contribution in [0.15, 0.2) is 24.3 Å². The molecular weight excluding hydrogens is 328 g/mol. The monoisotopic (exact) mass is 350 g/mol. The zero-order valence-corrected chi connectivity index (χ0v) is 15.4. The number of nitrogens with zero attached hydrogens (tertiary/aromatic N) is 2. The van der Waals surface area contributed by atoms with E-state index in [4.69, 9.17) is 23.8 Å². The molecule has 0 amide bonds. The fourth-order valence-electron chi connectivity index (χ4n) is 2.47. The average Bonchev–Trinajstić information content (AvgIpc) is 2.52. The minimum absolute atomic E-state index is 0.518. The van der Waals surface area contributed by atoms with Crippen molar-refractivity contribution in [2.24, 2.45) is 0 Å². The Hall–Kier alpha value is -1.43. The standard InChI is InChI=1S/C17H23ClN4S/c1-4-22(5-2)9-8-19-17(23)20-13-6-7-15-14(11-13)12(3)10-16(18)21-15/h6-7,10-11H,4-5,8-9H2,1-3H3,(H2,19,20,23). The van der Waals surface area contributed by atoms with Crippen molar-refractivity contribution in [2.45, 2.75) is 20.8 Å². The molecule has 0 unspecified atom stereocenters. The highest BCUT2D eigenvalue weighted by molar-refractivity contribution is 7.80. The number of aromatic nitrogens is 1. The van der Waals surface area contributed by atoms with E-state index in [1.54, 1.807) is 0 Å². The molecular formula is C17H23ClN4S. The first-order valence-corrected chi connectivity index (χ1v) is 8.66. The molecule has 23 heavy (non-hydrogen) atoms. The van der Waals surface area contributed by atoms with Crippen LogP contribution in [0.2, 0.25) is 5.15 Å². The summed E-state index contributed by atoms with van der Waals surface area (Å²) >= 11 is 11.4. The van der Waals surface area contributed by atoms with Gasteiger partial charge in [0, 0.05) is 24.2 Å². The summed E-state index contributed by atoms with van der Waals surface area (Å²) in [4.78, 5) is 6.68. The molecule has 0 saturated heterocycles. The van der Waals surface area contributed by atoms with Crippen LogP contribution in [-0.4, -0.2) is 41.2 Å². The van der Waals surface area contributed by atoms with E-state index < -0.39 is 0 Å². The summed E-state index contributed by atoms with van der Waals surface area (Å²) < 4.78 is 0. The molecule has 0 atom stereocenters. The van der Waals surface area contributed by atoms with Gasteiger partial charge in [-0.15, -0.1) is 0 Å². The van der Waals surface area contributed by atoms with Crippen LogP contribution in [0.25, 0.3) is 10.9 Å². The van der Waals surface area contributed by atoms with Crippen molar-refractivity contribution in [2.75, 3.05) is 31.5 Å². The predicted molar refractivity (Wildman–Crippen MR) is 104 cm³/mol. The number of benzene rings is 1. The van der Waals surface area contributed by atoms with E-state index in [1.807, 2.05) is 31.2 Å². The van der Waals surface area contributed by atoms with Gasteiger partial charge in [-0.2, -0.15) is 0 Å². The van der Waals surface area contributed by atoms with Crippen molar-refractivity contribution in [3.05, 3.63) is 35.0 Å². The second-order valence-corrected chi connectivity index (χ2v) is 6.20. The Bertz CT molecular complexity index is 686. The zero-order valence-electron chi connectivity index (χ0n) is 13.8. The highest BCUT2D eigenvalue weighted by atomic mass is 35.5. The van der Waals surface area contributed by atoms with Gasteiger partial charge in [0.05, 0.1) is 5.52 Å². The first-order valence-electron chi connectivity index (χ1n) is 7.87. The number of aryl methyl sites for hydroxylation is 1. The molecule has 0 aliphatic rings. The Morgan fingerprint density at radius 2 is 2.00 bits per heavy atom. The summed E-state index contributed by atoms with van der Waals surface area (Å²) in [6.07, 6.45) is 0. The normalized spacial score (nSPS) is 11.0. The first-order chi connectivity index (χ1) is 11.0. The lowest BCUT2D eigenvalue weighted by Gasteiger charge is -2.19. The zero-order chi connectivity index (χ0) is 16.8. The summed E-state index contributed by atoms with van der Waals surface area (Å²) in [7, 11) is 0. The van der Waals surface area contributed by atoms with Crippen LogP contribution < -0.4 is 10.6 Å². The summed E-state index contributed by atoms with van der Waals surface area (Å²) in [6.45, 7) is 10.3. The van der Waals surface area contributed by atoms with Crippen molar-refractivity contribution in [3.8, 4) is 0 Å². The van der Waals surface area contributed by atoms with Gasteiger partial charge in [0.2, 0.25) is 0 Å². The summed E-state index contributed by atoms with van der Waals surface area (Å²) in [5.41, 5.74) is 2.94. The lowest BCUT2D eigenvalue weighted by molar-refractivity contribution is 0.308. The molecule has 124 valence electrons. The molecule has 0 spiro atoms. The Kier molecular flexibility index (Phi) is 6.57. The van der Waals surface area contributed by atoms with Crippen molar-refractivity contribution >= 4 is 45.5 Å². The lowest BCUT2D eigenvalue weighted by Crippen LogP contribution is -2.36. The smallest absolute Gasteiger partial charge is 0.170 e. The van der Waals surface area contributed by atoms with Crippen LogP contribution in [0.1, 0.15) is 19.4 Å². The molecule has 1 aromatic heterocycles. The Morgan fingerprint density at radius 3 is 2.70 bits per heavy atom. The van der Waals surface area contributed by atoms with Crippen LogP contribution >= 0.6 is 23.8 Å². The molecule has 0 saturated carbocycles. The van der Waals surface area contributed by atoms with Crippen LogP contribution in [0.3, 0.4) is 0 Å². The van der Waals surface area contributed by atoms with E-state index in [9.17, 15) is 0 Å². The highest BCUT2D eigenvalue weighted by Crippen LogP contribution is 2.23. The fraction of sp³-hybridized carbons (Fsp3) is 0.412. The van der Waals surface area contributed by atoms with Gasteiger partial charge in [-0.25, -0.2) is 4.98 Å². The first kappa shape index (κ1) is 17.9. The second kappa shape index (κ2) is 8.43. The maximum absolute atomic E-state index is 5.99. The van der Waals surface area contributed by atoms with Gasteiger partial charge in [-0.1, -0.05) is 25.4 Å². The van der Waals surface area contributed by atoms with Gasteiger partial charge in [0.1, 0.15) is 5.15 Å². The van der Waals surface area contributed by atoms with Crippen LogP contribution in [0.5, 0.6) is 0 Å². The summed E-state index contributed by atoms with van der Waals surface area (Å²) in [6, 6.07) is 7.83. The highest BCUT2D eigenvalue weighted by Gasteiger charge is 2.05. The van der Waals surface area contributed by atoms with Gasteiger partial charge in [-0.05, 0) is 62.1 Å². The van der Waals surface area contributed by atoms with Crippen LogP contribution in [-0.2, 0) is 0 Å². The molecule has 0 aliphatic heterocycles. The number of thiocarbonyl (C=S) groups is 1. The molecule has 2 rings (SSSR count). The maximum Gasteiger partial charge on any atom is 0.170 e. The fourth-order valence-corrected chi connectivity index (χ4v) is 2.95. The van der Waals surface area contributed by atoms with Crippen molar-refractivity contribution in [3.63, 3.8) is 0 Å². The van der Waals surface area contributed by atoms with Crippen molar-refractivity contribution < 1.29 is 0 Å². The van der Waals surface area contributed by atoms with E-state index in [2.05, 4.69) is 34.4 Å². The molecule has 6 heteroatoms. The summed E-state index contributed by atoms with van der Waals surface area (Å²) in [5.74, 6) is 0. The number of rotatable bonds is 6. The molecule has 0 bridgehead atoms. The maximum atomic E-state index is 5.99. The average molecular weight is 351 g/mol. The van der Waals surface area contributed by atoms with E-state index in [1.165, 1.54) is 0 Å². The number of likely N-dealkylation sites (N-methyl/N-ethyl adjacent to an activating group) is 1. The van der Waals surface area contributed by atoms with Gasteiger partial charge in [-0.3, -0.25) is 0 Å². The van der Waals surface area contributed by atoms with Crippen LogP contribution in [0.4, 0.5) is 5.69 Å². The topological polar surface area (TPSA) is 40.2 Å². The number of hydrogen-bond donors (Lipinski definition) is 2. The molecule has 4 nitrogen and oxygen atoms in total. The third kappa shape index (κ3) is 5.03. The molecule has 1 aromatic carbocycles. The minimum Gasteiger partial charge on any atom is -0.361 e. The van der Waals surface area contributed by atoms with Crippen molar-refractivity contribution in [1.82, 2.24) is 15.2 Å². The second-order valence-electron chi connectivity index (χ2n) is 5.40. The number of pyridine rings is 1. The number of anilines is 1. The van der Waals surface area contributed by atoms with Crippen LogP contribution in [0, 0.1) is 6.92 Å². The van der Waals surface area contributed by atoms with E-state index in [0.717, 1.165) is 48.3 Å². The van der Waals surface area contributed by atoms with Gasteiger partial charge in [0.25, 0.3) is 0 Å². The lowest BCUT2D eigenvalue weighted by atomic mass is 10.1. The SMILES string of the molecule is CCN(CC)CCNC(=S)Nc1ccc2nc(Cl)cc(C)c2c1. The molecule has 0 aliphatic carbocycles. The van der Waals surface area contributed by atoms with Gasteiger partial charge < -0.3 is 15.5 Å². The van der Waals surface area contributed by atoms with Gasteiger partial charge >= 0.3 is 0 Å². The predicted octanol–water partition coefficient (Wildman–Crippen LogP) is 3.82. The minimum atomic E-state index is 0.518.